The molecule has 0 heterocycles. The molecule has 0 bridgehead atoms. The number of nitrogens with two attached hydrogens (primary N) is 1. The summed E-state index contributed by atoms with van der Waals surface area (Å²) in [6.07, 6.45) is 9.21. The minimum Gasteiger partial charge on any atom is -0.389 e. The molecule has 0 aliphatic heterocycles. The zero-order valence-electron chi connectivity index (χ0n) is 11.3. The van der Waals surface area contributed by atoms with Gasteiger partial charge in [-0.15, -0.1) is 0 Å². The minimum atomic E-state index is -0.672. The van der Waals surface area contributed by atoms with Crippen molar-refractivity contribution in [3.63, 3.8) is 0 Å². The van der Waals surface area contributed by atoms with Gasteiger partial charge in [-0.3, -0.25) is 0 Å². The summed E-state index contributed by atoms with van der Waals surface area (Å²) in [6.45, 7) is 4.01. The molecule has 0 aromatic rings. The molecule has 1 saturated carbocycles. The van der Waals surface area contributed by atoms with E-state index in [-0.39, 0.29) is 0 Å². The summed E-state index contributed by atoms with van der Waals surface area (Å²) < 4.78 is 5.71. The largest absolute Gasteiger partial charge is 0.389 e. The highest BCUT2D eigenvalue weighted by atomic mass is 16.5. The van der Waals surface area contributed by atoms with E-state index < -0.39 is 5.60 Å². The normalized spacial score (nSPS) is 21.4. The fourth-order valence-corrected chi connectivity index (χ4v) is 2.53. The fourth-order valence-electron chi connectivity index (χ4n) is 2.53. The molecule has 1 atom stereocenters. The summed E-state index contributed by atoms with van der Waals surface area (Å²) >= 11 is 0. The van der Waals surface area contributed by atoms with Gasteiger partial charge in [0.2, 0.25) is 0 Å². The van der Waals surface area contributed by atoms with Crippen molar-refractivity contribution in [3.8, 4) is 0 Å². The number of hydrogen-bond donors (Lipinski definition) is 2. The summed E-state index contributed by atoms with van der Waals surface area (Å²) in [6, 6.07) is 0. The van der Waals surface area contributed by atoms with E-state index in [0.717, 1.165) is 38.4 Å². The first-order valence-corrected chi connectivity index (χ1v) is 7.20. The van der Waals surface area contributed by atoms with Gasteiger partial charge in [-0.1, -0.05) is 26.2 Å². The van der Waals surface area contributed by atoms with E-state index in [4.69, 9.17) is 10.5 Å². The lowest BCUT2D eigenvalue weighted by atomic mass is 9.90. The molecule has 1 aliphatic carbocycles. The highest BCUT2D eigenvalue weighted by Crippen LogP contribution is 2.23. The third kappa shape index (κ3) is 5.84. The van der Waals surface area contributed by atoms with Crippen LogP contribution in [0.5, 0.6) is 0 Å². The van der Waals surface area contributed by atoms with E-state index in [1.807, 2.05) is 6.92 Å². The van der Waals surface area contributed by atoms with Crippen LogP contribution in [-0.2, 0) is 4.74 Å². The van der Waals surface area contributed by atoms with Gasteiger partial charge in [0.25, 0.3) is 0 Å². The molecule has 1 fully saturated rings. The Morgan fingerprint density at radius 2 is 2.00 bits per heavy atom. The van der Waals surface area contributed by atoms with Crippen LogP contribution in [0.4, 0.5) is 0 Å². The maximum atomic E-state index is 10.00. The van der Waals surface area contributed by atoms with Crippen LogP contribution in [-0.4, -0.2) is 30.5 Å². The summed E-state index contributed by atoms with van der Waals surface area (Å²) in [4.78, 5) is 0. The van der Waals surface area contributed by atoms with Crippen LogP contribution in [0.3, 0.4) is 0 Å². The summed E-state index contributed by atoms with van der Waals surface area (Å²) in [5.74, 6) is 0.781. The molecule has 1 unspecified atom stereocenters. The van der Waals surface area contributed by atoms with E-state index in [0.29, 0.717) is 6.54 Å². The molecule has 0 saturated heterocycles. The van der Waals surface area contributed by atoms with Gasteiger partial charge in [0.15, 0.2) is 0 Å². The molecule has 102 valence electrons. The van der Waals surface area contributed by atoms with Gasteiger partial charge in [0.1, 0.15) is 0 Å². The Kier molecular flexibility index (Phi) is 7.09. The van der Waals surface area contributed by atoms with E-state index >= 15 is 0 Å². The Hall–Kier alpha value is -0.120. The average Bonchev–Trinajstić information content (AvgIpc) is 2.39. The Morgan fingerprint density at radius 3 is 2.59 bits per heavy atom. The SMILES string of the molecule is CCC(O)(CN)CCCOCC1CCCCC1. The Labute approximate surface area is 106 Å². The minimum absolute atomic E-state index is 0.353. The molecule has 3 nitrogen and oxygen atoms in total. The van der Waals surface area contributed by atoms with E-state index in [1.165, 1.54) is 32.1 Å². The molecule has 0 aromatic heterocycles. The van der Waals surface area contributed by atoms with Crippen molar-refractivity contribution in [2.24, 2.45) is 11.7 Å². The molecule has 3 heteroatoms. The molecule has 0 spiro atoms. The van der Waals surface area contributed by atoms with Crippen LogP contribution in [0.25, 0.3) is 0 Å². The fraction of sp³-hybridized carbons (Fsp3) is 1.00. The number of ether oxygens (including phenoxy) is 1. The molecule has 0 radical (unpaired) electrons. The van der Waals surface area contributed by atoms with Gasteiger partial charge in [0, 0.05) is 19.8 Å². The molecule has 17 heavy (non-hydrogen) atoms. The van der Waals surface area contributed by atoms with Gasteiger partial charge in [0.05, 0.1) is 5.60 Å². The molecule has 0 amide bonds. The lowest BCUT2D eigenvalue weighted by molar-refractivity contribution is 0.0187. The molecular weight excluding hydrogens is 214 g/mol. The van der Waals surface area contributed by atoms with Crippen molar-refractivity contribution < 1.29 is 9.84 Å². The lowest BCUT2D eigenvalue weighted by Gasteiger charge is -2.25. The Morgan fingerprint density at radius 1 is 1.29 bits per heavy atom. The third-order valence-electron chi connectivity index (χ3n) is 4.05. The highest BCUT2D eigenvalue weighted by molar-refractivity contribution is 4.77. The van der Waals surface area contributed by atoms with Crippen LogP contribution < -0.4 is 5.73 Å². The smallest absolute Gasteiger partial charge is 0.0767 e. The maximum Gasteiger partial charge on any atom is 0.0767 e. The van der Waals surface area contributed by atoms with Crippen molar-refractivity contribution in [1.29, 1.82) is 0 Å². The quantitative estimate of drug-likeness (QED) is 0.644. The standard InChI is InChI=1S/C14H29NO2/c1-2-14(16,12-15)9-6-10-17-11-13-7-4-3-5-8-13/h13,16H,2-12,15H2,1H3. The second kappa shape index (κ2) is 8.06. The van der Waals surface area contributed by atoms with Gasteiger partial charge in [-0.2, -0.15) is 0 Å². The maximum absolute atomic E-state index is 10.00. The topological polar surface area (TPSA) is 55.5 Å². The first kappa shape index (κ1) is 14.9. The Bertz CT molecular complexity index is 187. The molecular formula is C14H29NO2. The van der Waals surface area contributed by atoms with Gasteiger partial charge in [-0.05, 0) is 38.0 Å². The van der Waals surface area contributed by atoms with Crippen molar-refractivity contribution in [3.05, 3.63) is 0 Å². The van der Waals surface area contributed by atoms with E-state index in [1.54, 1.807) is 0 Å². The third-order valence-corrected chi connectivity index (χ3v) is 4.05. The van der Waals surface area contributed by atoms with Crippen molar-refractivity contribution in [2.45, 2.75) is 63.9 Å². The first-order valence-electron chi connectivity index (χ1n) is 7.20. The van der Waals surface area contributed by atoms with Crippen molar-refractivity contribution >= 4 is 0 Å². The molecule has 1 aliphatic rings. The second-order valence-electron chi connectivity index (χ2n) is 5.46. The van der Waals surface area contributed by atoms with Crippen LogP contribution in [0.1, 0.15) is 58.3 Å². The summed E-state index contributed by atoms with van der Waals surface area (Å²) in [5.41, 5.74) is 4.89. The first-order chi connectivity index (χ1) is 8.20. The van der Waals surface area contributed by atoms with Crippen LogP contribution >= 0.6 is 0 Å². The van der Waals surface area contributed by atoms with Crippen molar-refractivity contribution in [1.82, 2.24) is 0 Å². The monoisotopic (exact) mass is 243 g/mol. The van der Waals surface area contributed by atoms with Gasteiger partial charge < -0.3 is 15.6 Å². The van der Waals surface area contributed by atoms with Crippen LogP contribution in [0, 0.1) is 5.92 Å². The number of rotatable bonds is 8. The molecule has 3 N–H and O–H groups in total. The Balaban J connectivity index is 2.00. The van der Waals surface area contributed by atoms with E-state index in [2.05, 4.69) is 0 Å². The van der Waals surface area contributed by atoms with Gasteiger partial charge >= 0.3 is 0 Å². The lowest BCUT2D eigenvalue weighted by Crippen LogP contribution is -2.37. The van der Waals surface area contributed by atoms with Gasteiger partial charge in [-0.25, -0.2) is 0 Å². The second-order valence-corrected chi connectivity index (χ2v) is 5.46. The molecule has 1 rings (SSSR count). The number of hydrogen-bond acceptors (Lipinski definition) is 3. The highest BCUT2D eigenvalue weighted by Gasteiger charge is 2.21. The summed E-state index contributed by atoms with van der Waals surface area (Å²) in [7, 11) is 0. The predicted octanol–water partition coefficient (Wildman–Crippen LogP) is 2.46. The van der Waals surface area contributed by atoms with Crippen LogP contribution in [0.15, 0.2) is 0 Å². The average molecular weight is 243 g/mol. The van der Waals surface area contributed by atoms with E-state index in [9.17, 15) is 5.11 Å². The zero-order chi connectivity index (χ0) is 12.6. The van der Waals surface area contributed by atoms with Crippen LogP contribution in [0.2, 0.25) is 0 Å². The predicted molar refractivity (Wildman–Crippen MR) is 70.9 cm³/mol. The summed E-state index contributed by atoms with van der Waals surface area (Å²) in [5, 5.41) is 10.00. The van der Waals surface area contributed by atoms with Crippen molar-refractivity contribution in [2.75, 3.05) is 19.8 Å². The molecule has 0 aromatic carbocycles. The zero-order valence-corrected chi connectivity index (χ0v) is 11.3. The number of aliphatic hydroxyl groups is 1.